The summed E-state index contributed by atoms with van der Waals surface area (Å²) < 4.78 is 105. The van der Waals surface area contributed by atoms with Crippen molar-refractivity contribution < 1.29 is 69.6 Å². The number of ether oxygens (including phenoxy) is 5. The van der Waals surface area contributed by atoms with Crippen molar-refractivity contribution in [2.45, 2.75) is 54.8 Å². The molecule has 4 aromatic heterocycles. The van der Waals surface area contributed by atoms with E-state index in [2.05, 4.69) is 45.4 Å². The molecule has 87 heavy (non-hydrogen) atoms. The third-order valence-corrected chi connectivity index (χ3v) is 17.1. The number of nitrogens with one attached hydrogen (secondary N) is 2. The van der Waals surface area contributed by atoms with Crippen LogP contribution < -0.4 is 20.1 Å². The maximum atomic E-state index is 18.2. The van der Waals surface area contributed by atoms with Gasteiger partial charge in [0, 0.05) is 15.7 Å². The van der Waals surface area contributed by atoms with E-state index in [9.17, 15) is 19.0 Å². The number of hydrogen-bond acceptors (Lipinski definition) is 19. The summed E-state index contributed by atoms with van der Waals surface area (Å²) in [7, 11) is -0.394. The van der Waals surface area contributed by atoms with Crippen LogP contribution in [0.15, 0.2) is 165 Å². The molecule has 2 unspecified atom stereocenters. The molecule has 2 aliphatic heterocycles. The molecule has 2 amide bonds. The minimum Gasteiger partial charge on any atom is -0.497 e. The fourth-order valence-corrected chi connectivity index (χ4v) is 12.7. The zero-order chi connectivity index (χ0) is 60.7. The highest BCUT2D eigenvalue weighted by molar-refractivity contribution is 8.07. The lowest BCUT2D eigenvalue weighted by Gasteiger charge is -2.37. The molecule has 29 heteroatoms. The predicted molar refractivity (Wildman–Crippen MR) is 313 cm³/mol. The van der Waals surface area contributed by atoms with Gasteiger partial charge in [0.25, 0.3) is 11.8 Å². The summed E-state index contributed by atoms with van der Waals surface area (Å²) in [5, 5.41) is 5.44. The van der Waals surface area contributed by atoms with Crippen LogP contribution in [0.3, 0.4) is 0 Å². The number of carbonyl (C=O) groups excluding carboxylic acids is 2. The number of fused-ring (bicyclic) bond motifs is 2. The topological polar surface area (TPSA) is 270 Å². The number of rotatable bonds is 24. The van der Waals surface area contributed by atoms with Crippen molar-refractivity contribution in [2.75, 3.05) is 51.2 Å². The third-order valence-electron chi connectivity index (χ3n) is 14.3. The molecule has 10 atom stereocenters. The lowest BCUT2D eigenvalue weighted by Crippen LogP contribution is -2.40. The fraction of sp³-hybridized carbons (Fsp3) is 0.259. The number of alkyl halides is 2. The minimum absolute atomic E-state index is 0.00392. The number of benzene rings is 5. The van der Waals surface area contributed by atoms with Crippen molar-refractivity contribution in [2.24, 2.45) is 0 Å². The average molecular weight is 1240 g/mol. The molecule has 0 radical (unpaired) electrons. The highest BCUT2D eigenvalue weighted by atomic mass is 32.5. The third kappa shape index (κ3) is 12.7. The van der Waals surface area contributed by atoms with Crippen molar-refractivity contribution in [1.29, 1.82) is 0 Å². The van der Waals surface area contributed by atoms with E-state index in [0.717, 1.165) is 6.33 Å². The molecular weight excluding hydrogens is 1190 g/mol. The number of amides is 2. The van der Waals surface area contributed by atoms with Crippen molar-refractivity contribution in [1.82, 2.24) is 39.0 Å². The van der Waals surface area contributed by atoms with Gasteiger partial charge in [-0.1, -0.05) is 91.0 Å². The lowest BCUT2D eigenvalue weighted by molar-refractivity contribution is -0.0932. The van der Waals surface area contributed by atoms with Gasteiger partial charge in [0.15, 0.2) is 64.9 Å². The van der Waals surface area contributed by atoms with Gasteiger partial charge in [-0.2, -0.15) is 0 Å². The first-order valence-corrected chi connectivity index (χ1v) is 30.4. The Hall–Kier alpha value is -8.48. The van der Waals surface area contributed by atoms with E-state index in [4.69, 9.17) is 60.2 Å². The second kappa shape index (κ2) is 26.6. The van der Waals surface area contributed by atoms with Gasteiger partial charge in [-0.15, -0.1) is 9.42 Å². The molecule has 11 rings (SSSR count). The van der Waals surface area contributed by atoms with Gasteiger partial charge in [-0.25, -0.2) is 45.3 Å². The normalized spacial score (nSPS) is 21.0. The van der Waals surface area contributed by atoms with Gasteiger partial charge in [0.05, 0.1) is 40.1 Å². The second-order valence-corrected chi connectivity index (χ2v) is 23.1. The van der Waals surface area contributed by atoms with Crippen LogP contribution in [0, 0.1) is 6.57 Å². The zero-order valence-corrected chi connectivity index (χ0v) is 48.6. The Morgan fingerprint density at radius 3 is 1.60 bits per heavy atom. The van der Waals surface area contributed by atoms with Crippen LogP contribution in [-0.4, -0.2) is 133 Å². The molecule has 0 saturated carbocycles. The maximum Gasteiger partial charge on any atom is 0.695 e. The summed E-state index contributed by atoms with van der Waals surface area (Å²) in [6.07, 6.45) is -9.53. The van der Waals surface area contributed by atoms with Gasteiger partial charge < -0.3 is 48.2 Å². The minimum atomic E-state index is -4.42. The van der Waals surface area contributed by atoms with E-state index in [0.29, 0.717) is 39.3 Å². The van der Waals surface area contributed by atoms with Crippen LogP contribution in [-0.2, 0) is 54.3 Å². The maximum absolute atomic E-state index is 18.2. The molecule has 5 aromatic carbocycles. The molecular formula is C58H52F2N11O13P2S+. The standard InChI is InChI=1S/C58H51F2N11O13P2S/c1-61-27-28-79-86(87,80-30-43-48(83-85(74)75)44(59)56(82-43)70-33-66-46-50(62-31-64-52(46)70)68-54(72)35-13-7-4-8-14-35)84-49-42(81-57(45(49)60)71-34-67-47-51(63-32-65-53(47)71)69-55(73)36-15-9-5-10-16-36)29-78-58(37-17-11-6-12-18-37,38-19-23-40(76-2)24-20-38)39-21-25-41(77-3)26-22-39/h4-26,31-34,42-45,48-49,56-57H,27-30H2,2-3H3,(H2-,62,63,64,65,68,69,72,73,74,75)/p+1/t42-,43-,44-,45-,48-,49-,56-,57-,86?/m1/s1. The summed E-state index contributed by atoms with van der Waals surface area (Å²) in [6.45, 7) is 1.26. The molecule has 2 saturated heterocycles. The number of aromatic nitrogens is 8. The summed E-state index contributed by atoms with van der Waals surface area (Å²) >= 11 is 6.06. The lowest BCUT2D eigenvalue weighted by atomic mass is 9.80. The summed E-state index contributed by atoms with van der Waals surface area (Å²) in [5.74, 6) is 0.122. The molecule has 24 nitrogen and oxygen atoms in total. The van der Waals surface area contributed by atoms with Gasteiger partial charge in [-0.3, -0.25) is 23.2 Å². The van der Waals surface area contributed by atoms with Gasteiger partial charge in [0.2, 0.25) is 6.54 Å². The number of hydrogen-bond donors (Lipinski definition) is 3. The van der Waals surface area contributed by atoms with Crippen molar-refractivity contribution >= 4 is 72.6 Å². The summed E-state index contributed by atoms with van der Waals surface area (Å²) in [4.78, 5) is 65.9. The van der Waals surface area contributed by atoms with E-state index in [1.807, 2.05) is 54.6 Å². The van der Waals surface area contributed by atoms with Crippen molar-refractivity contribution in [3.05, 3.63) is 204 Å². The molecule has 3 N–H and O–H groups in total. The first-order chi connectivity index (χ1) is 42.3. The first kappa shape index (κ1) is 60.2. The van der Waals surface area contributed by atoms with Gasteiger partial charge in [-0.05, 0) is 77.0 Å². The van der Waals surface area contributed by atoms with E-state index >= 15 is 8.78 Å². The van der Waals surface area contributed by atoms with E-state index in [-0.39, 0.29) is 40.5 Å². The Morgan fingerprint density at radius 2 is 1.13 bits per heavy atom. The quantitative estimate of drug-likeness (QED) is 0.0220. The van der Waals surface area contributed by atoms with Crippen LogP contribution in [0.5, 0.6) is 11.5 Å². The molecule has 0 spiro atoms. The number of anilines is 2. The van der Waals surface area contributed by atoms with Crippen LogP contribution in [0.25, 0.3) is 27.2 Å². The van der Waals surface area contributed by atoms with Crippen LogP contribution in [0.1, 0.15) is 49.9 Å². The predicted octanol–water partition coefficient (Wildman–Crippen LogP) is 9.26. The zero-order valence-electron chi connectivity index (χ0n) is 46.0. The number of methoxy groups -OCH3 is 2. The fourth-order valence-electron chi connectivity index (χ4n) is 10.1. The average Bonchev–Trinajstić information content (AvgIpc) is 2.59. The highest BCUT2D eigenvalue weighted by Crippen LogP contribution is 2.56. The van der Waals surface area contributed by atoms with E-state index < -0.39 is 101 Å². The Morgan fingerprint density at radius 1 is 0.667 bits per heavy atom. The Kier molecular flexibility index (Phi) is 18.4. The first-order valence-electron chi connectivity index (χ1n) is 26.7. The number of halogens is 2. The van der Waals surface area contributed by atoms with Crippen molar-refractivity contribution in [3.63, 3.8) is 0 Å². The van der Waals surface area contributed by atoms with Gasteiger partial charge in [0.1, 0.15) is 54.7 Å². The SMILES string of the molecule is [C-]#[N+]CCOP(=S)(OC[C@H]1O[C@@H](n2cnc3c(NC(=O)c4ccccc4)ncnc32)[C@H](F)[C@@H]1O[P+](=O)O)O[C@H]1[C@@H](F)[C@H](n2cnc3c(NC(=O)c4ccccc4)ncnc32)O[C@@H]1COC(c1ccccc1)(c1ccc(OC)cc1)c1ccc(OC)cc1. The molecule has 9 aromatic rings. The van der Waals surface area contributed by atoms with Crippen LogP contribution in [0.4, 0.5) is 20.4 Å². The number of imidazole rings is 2. The monoisotopic (exact) mass is 1240 g/mol. The molecule has 6 heterocycles. The second-order valence-electron chi connectivity index (χ2n) is 19.4. The molecule has 0 aliphatic carbocycles. The smallest absolute Gasteiger partial charge is 0.497 e. The Balaban J connectivity index is 0.938. The Labute approximate surface area is 500 Å². The van der Waals surface area contributed by atoms with Crippen LogP contribution >= 0.6 is 15.0 Å². The highest BCUT2D eigenvalue weighted by Gasteiger charge is 2.55. The van der Waals surface area contributed by atoms with Crippen LogP contribution in [0.2, 0.25) is 0 Å². The van der Waals surface area contributed by atoms with Crippen molar-refractivity contribution in [3.8, 4) is 11.5 Å². The molecule has 0 bridgehead atoms. The summed E-state index contributed by atoms with van der Waals surface area (Å²) in [5.41, 5.74) is 1.26. The van der Waals surface area contributed by atoms with E-state index in [1.54, 1.807) is 99.1 Å². The number of carbonyl (C=O) groups is 2. The van der Waals surface area contributed by atoms with Gasteiger partial charge >= 0.3 is 15.0 Å². The summed E-state index contributed by atoms with van der Waals surface area (Å²) in [6, 6.07) is 40.4. The largest absolute Gasteiger partial charge is 0.695 e. The molecule has 2 fully saturated rings. The Bertz CT molecular complexity index is 3950. The number of nitrogens with zero attached hydrogens (tertiary/aromatic N) is 9. The van der Waals surface area contributed by atoms with E-state index in [1.165, 1.54) is 28.1 Å². The molecule has 2 aliphatic rings. The molecule has 446 valence electrons.